The summed E-state index contributed by atoms with van der Waals surface area (Å²) in [6.07, 6.45) is 0.492. The zero-order chi connectivity index (χ0) is 22.2. The number of carbonyl (C=O) groups is 2. The van der Waals surface area contributed by atoms with Crippen LogP contribution in [-0.2, 0) is 16.1 Å². The zero-order valence-corrected chi connectivity index (χ0v) is 18.2. The summed E-state index contributed by atoms with van der Waals surface area (Å²) in [5.74, 6) is -1.09. The van der Waals surface area contributed by atoms with Crippen molar-refractivity contribution in [1.82, 2.24) is 15.1 Å². The molecule has 0 spiro atoms. The highest BCUT2D eigenvalue weighted by molar-refractivity contribution is 5.93. The summed E-state index contributed by atoms with van der Waals surface area (Å²) in [7, 11) is 3.92. The molecule has 2 amide bonds. The molecule has 3 rings (SSSR count). The van der Waals surface area contributed by atoms with Gasteiger partial charge in [-0.05, 0) is 50.3 Å². The van der Waals surface area contributed by atoms with Gasteiger partial charge in [0.1, 0.15) is 5.82 Å². The first kappa shape index (κ1) is 22.9. The third-order valence-corrected chi connectivity index (χ3v) is 5.49. The Labute approximate surface area is 183 Å². The van der Waals surface area contributed by atoms with E-state index in [1.54, 1.807) is 12.1 Å². The van der Waals surface area contributed by atoms with Crippen LogP contribution in [0, 0.1) is 17.7 Å². The molecular formula is C24H31FN4O2. The lowest BCUT2D eigenvalue weighted by Gasteiger charge is -2.36. The Hall–Kier alpha value is -2.77. The molecule has 1 aliphatic rings. The SMILES string of the molecule is CN(C)CCNC(=O)[C@H]1C[C@@H](C(=O)Nc2ccc(F)cc2)CN(Cc2ccccc2)C1. The number of nitrogens with zero attached hydrogens (tertiary/aromatic N) is 2. The summed E-state index contributed by atoms with van der Waals surface area (Å²) < 4.78 is 13.2. The van der Waals surface area contributed by atoms with E-state index in [0.29, 0.717) is 38.3 Å². The molecule has 0 unspecified atom stereocenters. The van der Waals surface area contributed by atoms with Crippen LogP contribution in [0.4, 0.5) is 10.1 Å². The number of likely N-dealkylation sites (N-methyl/N-ethyl adjacent to an activating group) is 1. The molecule has 2 aromatic carbocycles. The zero-order valence-electron chi connectivity index (χ0n) is 18.2. The minimum absolute atomic E-state index is 0.0146. The van der Waals surface area contributed by atoms with Crippen molar-refractivity contribution in [2.45, 2.75) is 13.0 Å². The first-order chi connectivity index (χ1) is 14.9. The third-order valence-electron chi connectivity index (χ3n) is 5.49. The molecule has 0 radical (unpaired) electrons. The molecule has 1 heterocycles. The van der Waals surface area contributed by atoms with Crippen molar-refractivity contribution in [1.29, 1.82) is 0 Å². The lowest BCUT2D eigenvalue weighted by Crippen LogP contribution is -2.49. The number of anilines is 1. The van der Waals surface area contributed by atoms with Gasteiger partial charge in [-0.1, -0.05) is 30.3 Å². The van der Waals surface area contributed by atoms with E-state index in [4.69, 9.17) is 0 Å². The fourth-order valence-corrected chi connectivity index (χ4v) is 3.87. The van der Waals surface area contributed by atoms with Gasteiger partial charge in [0, 0.05) is 38.4 Å². The van der Waals surface area contributed by atoms with Crippen LogP contribution in [0.25, 0.3) is 0 Å². The molecular weight excluding hydrogens is 395 g/mol. The van der Waals surface area contributed by atoms with Gasteiger partial charge in [-0.15, -0.1) is 0 Å². The average Bonchev–Trinajstić information content (AvgIpc) is 2.75. The van der Waals surface area contributed by atoms with Crippen molar-refractivity contribution >= 4 is 17.5 Å². The van der Waals surface area contributed by atoms with E-state index in [0.717, 1.165) is 12.1 Å². The van der Waals surface area contributed by atoms with Crippen molar-refractivity contribution in [2.75, 3.05) is 45.6 Å². The van der Waals surface area contributed by atoms with Crippen LogP contribution >= 0.6 is 0 Å². The van der Waals surface area contributed by atoms with Gasteiger partial charge < -0.3 is 15.5 Å². The van der Waals surface area contributed by atoms with Gasteiger partial charge in [0.25, 0.3) is 0 Å². The molecule has 2 aromatic rings. The largest absolute Gasteiger partial charge is 0.355 e. The summed E-state index contributed by atoms with van der Waals surface area (Å²) >= 11 is 0. The van der Waals surface area contributed by atoms with Crippen molar-refractivity contribution in [3.8, 4) is 0 Å². The second-order valence-corrected chi connectivity index (χ2v) is 8.40. The van der Waals surface area contributed by atoms with Gasteiger partial charge in [0.2, 0.25) is 11.8 Å². The molecule has 31 heavy (non-hydrogen) atoms. The summed E-state index contributed by atoms with van der Waals surface area (Å²) in [6, 6.07) is 15.8. The van der Waals surface area contributed by atoms with E-state index < -0.39 is 0 Å². The molecule has 166 valence electrons. The summed E-state index contributed by atoms with van der Waals surface area (Å²) in [5.41, 5.74) is 1.70. The van der Waals surface area contributed by atoms with Crippen LogP contribution in [0.2, 0.25) is 0 Å². The van der Waals surface area contributed by atoms with Crippen molar-refractivity contribution < 1.29 is 14.0 Å². The normalized spacial score (nSPS) is 19.2. The van der Waals surface area contributed by atoms with E-state index in [-0.39, 0.29) is 29.5 Å². The Balaban J connectivity index is 1.68. The molecule has 0 saturated carbocycles. The highest BCUT2D eigenvalue weighted by atomic mass is 19.1. The first-order valence-electron chi connectivity index (χ1n) is 10.7. The van der Waals surface area contributed by atoms with Crippen LogP contribution in [0.3, 0.4) is 0 Å². The fourth-order valence-electron chi connectivity index (χ4n) is 3.87. The predicted octanol–water partition coefficient (Wildman–Crippen LogP) is 2.58. The maximum absolute atomic E-state index is 13.2. The lowest BCUT2D eigenvalue weighted by molar-refractivity contribution is -0.130. The van der Waals surface area contributed by atoms with Gasteiger partial charge >= 0.3 is 0 Å². The van der Waals surface area contributed by atoms with E-state index in [2.05, 4.69) is 15.5 Å². The molecule has 7 heteroatoms. The quantitative estimate of drug-likeness (QED) is 0.681. The monoisotopic (exact) mass is 426 g/mol. The van der Waals surface area contributed by atoms with Crippen LogP contribution in [0.1, 0.15) is 12.0 Å². The Morgan fingerprint density at radius 3 is 2.29 bits per heavy atom. The second-order valence-electron chi connectivity index (χ2n) is 8.40. The third kappa shape index (κ3) is 7.15. The van der Waals surface area contributed by atoms with Crippen LogP contribution in [0.15, 0.2) is 54.6 Å². The van der Waals surface area contributed by atoms with E-state index in [9.17, 15) is 14.0 Å². The van der Waals surface area contributed by atoms with Crippen LogP contribution < -0.4 is 10.6 Å². The molecule has 2 atom stereocenters. The van der Waals surface area contributed by atoms with E-state index in [1.165, 1.54) is 12.1 Å². The second kappa shape index (κ2) is 11.0. The minimum Gasteiger partial charge on any atom is -0.355 e. The van der Waals surface area contributed by atoms with Gasteiger partial charge in [0.05, 0.1) is 11.8 Å². The number of carbonyl (C=O) groups excluding carboxylic acids is 2. The lowest BCUT2D eigenvalue weighted by atomic mass is 9.87. The van der Waals surface area contributed by atoms with Crippen LogP contribution in [0.5, 0.6) is 0 Å². The summed E-state index contributed by atoms with van der Waals surface area (Å²) in [6.45, 7) is 3.21. The molecule has 1 saturated heterocycles. The molecule has 1 aliphatic heterocycles. The molecule has 0 bridgehead atoms. The van der Waals surface area contributed by atoms with Gasteiger partial charge in [-0.2, -0.15) is 0 Å². The topological polar surface area (TPSA) is 64.7 Å². The van der Waals surface area contributed by atoms with Gasteiger partial charge in [0.15, 0.2) is 0 Å². The number of piperidine rings is 1. The standard InChI is InChI=1S/C24H31FN4O2/c1-28(2)13-12-26-23(30)19-14-20(24(31)27-22-10-8-21(25)9-11-22)17-29(16-19)15-18-6-4-3-5-7-18/h3-11,19-20H,12-17H2,1-2H3,(H,26,30)(H,27,31)/t19-,20+/m0/s1. The number of halogens is 1. The molecule has 2 N–H and O–H groups in total. The Morgan fingerprint density at radius 2 is 1.65 bits per heavy atom. The Bertz CT molecular complexity index is 858. The van der Waals surface area contributed by atoms with Crippen molar-refractivity contribution in [3.63, 3.8) is 0 Å². The molecule has 0 aromatic heterocycles. The van der Waals surface area contributed by atoms with E-state index >= 15 is 0 Å². The molecule has 1 fully saturated rings. The number of benzene rings is 2. The number of likely N-dealkylation sites (tertiary alicyclic amines) is 1. The number of hydrogen-bond donors (Lipinski definition) is 2. The minimum atomic E-state index is -0.348. The number of amides is 2. The maximum Gasteiger partial charge on any atom is 0.228 e. The van der Waals surface area contributed by atoms with Gasteiger partial charge in [-0.3, -0.25) is 14.5 Å². The highest BCUT2D eigenvalue weighted by Gasteiger charge is 2.35. The van der Waals surface area contributed by atoms with Crippen molar-refractivity contribution in [3.05, 3.63) is 66.0 Å². The van der Waals surface area contributed by atoms with E-state index in [1.807, 2.05) is 49.3 Å². The predicted molar refractivity (Wildman–Crippen MR) is 120 cm³/mol. The van der Waals surface area contributed by atoms with Crippen LogP contribution in [-0.4, -0.2) is 61.9 Å². The maximum atomic E-state index is 13.2. The number of rotatable bonds is 8. The smallest absolute Gasteiger partial charge is 0.228 e. The van der Waals surface area contributed by atoms with Crippen molar-refractivity contribution in [2.24, 2.45) is 11.8 Å². The Kier molecular flexibility index (Phi) is 8.14. The first-order valence-corrected chi connectivity index (χ1v) is 10.7. The molecule has 0 aliphatic carbocycles. The Morgan fingerprint density at radius 1 is 1.00 bits per heavy atom. The highest BCUT2D eigenvalue weighted by Crippen LogP contribution is 2.25. The number of hydrogen-bond acceptors (Lipinski definition) is 4. The summed E-state index contributed by atoms with van der Waals surface area (Å²) in [4.78, 5) is 30.0. The average molecular weight is 427 g/mol. The fraction of sp³-hybridized carbons (Fsp3) is 0.417. The molecule has 6 nitrogen and oxygen atoms in total. The summed E-state index contributed by atoms with van der Waals surface area (Å²) in [5, 5.41) is 5.87. The van der Waals surface area contributed by atoms with Gasteiger partial charge in [-0.25, -0.2) is 4.39 Å². The number of nitrogens with one attached hydrogen (secondary N) is 2.